The van der Waals surface area contributed by atoms with Crippen LogP contribution in [0.4, 0.5) is 0 Å². The molecule has 0 aliphatic carbocycles. The number of rotatable bonds is 0. The van der Waals surface area contributed by atoms with E-state index in [0.29, 0.717) is 13.1 Å². The average Bonchev–Trinajstić information content (AvgIpc) is 1.79. The van der Waals surface area contributed by atoms with Gasteiger partial charge >= 0.3 is 0 Å². The minimum Gasteiger partial charge on any atom is -0.375 e. The first-order chi connectivity index (χ1) is 5.31. The SMILES string of the molecule is CN1CC(O)(C#CC(C)(C)C)C1. The lowest BCUT2D eigenvalue weighted by molar-refractivity contribution is -0.0390. The van der Waals surface area contributed by atoms with Crippen LogP contribution in [0.1, 0.15) is 20.8 Å². The third kappa shape index (κ3) is 2.51. The summed E-state index contributed by atoms with van der Waals surface area (Å²) >= 11 is 0. The first-order valence-corrected chi connectivity index (χ1v) is 4.26. The molecule has 1 heterocycles. The first-order valence-electron chi connectivity index (χ1n) is 4.26. The third-order valence-electron chi connectivity index (χ3n) is 1.73. The highest BCUT2D eigenvalue weighted by Gasteiger charge is 2.37. The van der Waals surface area contributed by atoms with Crippen molar-refractivity contribution in [2.75, 3.05) is 20.1 Å². The number of hydrogen-bond acceptors (Lipinski definition) is 2. The van der Waals surface area contributed by atoms with Crippen molar-refractivity contribution >= 4 is 0 Å². The molecule has 0 unspecified atom stereocenters. The minimum atomic E-state index is -0.734. The Morgan fingerprint density at radius 2 is 1.83 bits per heavy atom. The van der Waals surface area contributed by atoms with Crippen LogP contribution >= 0.6 is 0 Å². The predicted octanol–water partition coefficient (Wildman–Crippen LogP) is 0.712. The molecule has 1 N–H and O–H groups in total. The maximum atomic E-state index is 9.73. The number of aliphatic hydroxyl groups is 1. The van der Waals surface area contributed by atoms with E-state index < -0.39 is 5.60 Å². The fourth-order valence-electron chi connectivity index (χ4n) is 1.23. The number of likely N-dealkylation sites (N-methyl/N-ethyl adjacent to an activating group) is 1. The zero-order chi connectivity index (χ0) is 9.41. The van der Waals surface area contributed by atoms with Gasteiger partial charge in [-0.2, -0.15) is 0 Å². The van der Waals surface area contributed by atoms with Crippen LogP contribution < -0.4 is 0 Å². The molecule has 12 heavy (non-hydrogen) atoms. The second kappa shape index (κ2) is 2.76. The molecule has 0 aromatic carbocycles. The summed E-state index contributed by atoms with van der Waals surface area (Å²) in [6, 6.07) is 0. The molecule has 0 radical (unpaired) electrons. The third-order valence-corrected chi connectivity index (χ3v) is 1.73. The van der Waals surface area contributed by atoms with Gasteiger partial charge in [0.05, 0.1) is 0 Å². The Kier molecular flexibility index (Phi) is 2.20. The molecule has 0 bridgehead atoms. The van der Waals surface area contributed by atoms with E-state index in [4.69, 9.17) is 0 Å². The standard InChI is InChI=1S/C10H17NO/c1-9(2,3)5-6-10(12)7-11(4)8-10/h12H,7-8H2,1-4H3. The highest BCUT2D eigenvalue weighted by molar-refractivity contribution is 5.22. The molecular formula is C10H17NO. The van der Waals surface area contributed by atoms with Gasteiger partial charge in [0.15, 0.2) is 5.60 Å². The summed E-state index contributed by atoms with van der Waals surface area (Å²) in [5, 5.41) is 9.73. The fraction of sp³-hybridized carbons (Fsp3) is 0.800. The molecule has 2 heteroatoms. The van der Waals surface area contributed by atoms with Gasteiger partial charge in [0.1, 0.15) is 0 Å². The zero-order valence-corrected chi connectivity index (χ0v) is 8.31. The zero-order valence-electron chi connectivity index (χ0n) is 8.31. The quantitative estimate of drug-likeness (QED) is 0.537. The largest absolute Gasteiger partial charge is 0.375 e. The Morgan fingerprint density at radius 1 is 1.33 bits per heavy atom. The highest BCUT2D eigenvalue weighted by atomic mass is 16.3. The van der Waals surface area contributed by atoms with Crippen LogP contribution in [-0.2, 0) is 0 Å². The van der Waals surface area contributed by atoms with Crippen LogP contribution in [0.3, 0.4) is 0 Å². The minimum absolute atomic E-state index is 0.0100. The molecule has 0 aromatic heterocycles. The molecule has 1 fully saturated rings. The molecule has 68 valence electrons. The Hall–Kier alpha value is -0.520. The molecule has 2 nitrogen and oxygen atoms in total. The molecule has 1 aliphatic heterocycles. The van der Waals surface area contributed by atoms with E-state index in [1.54, 1.807) is 0 Å². The lowest BCUT2D eigenvalue weighted by Gasteiger charge is -2.40. The van der Waals surface area contributed by atoms with Gasteiger partial charge in [-0.1, -0.05) is 11.8 Å². The van der Waals surface area contributed by atoms with Crippen LogP contribution in [-0.4, -0.2) is 35.7 Å². The maximum Gasteiger partial charge on any atom is 0.150 e. The van der Waals surface area contributed by atoms with Gasteiger partial charge in [0.2, 0.25) is 0 Å². The fourth-order valence-corrected chi connectivity index (χ4v) is 1.23. The van der Waals surface area contributed by atoms with Gasteiger partial charge in [-0.3, -0.25) is 4.90 Å². The van der Waals surface area contributed by atoms with E-state index in [1.807, 2.05) is 27.8 Å². The summed E-state index contributed by atoms with van der Waals surface area (Å²) in [7, 11) is 1.98. The van der Waals surface area contributed by atoms with Crippen molar-refractivity contribution in [3.05, 3.63) is 0 Å². The lowest BCUT2D eigenvalue weighted by Crippen LogP contribution is -2.59. The Morgan fingerprint density at radius 3 is 2.17 bits per heavy atom. The summed E-state index contributed by atoms with van der Waals surface area (Å²) < 4.78 is 0. The molecule has 0 spiro atoms. The monoisotopic (exact) mass is 167 g/mol. The van der Waals surface area contributed by atoms with Crippen LogP contribution in [0.15, 0.2) is 0 Å². The summed E-state index contributed by atoms with van der Waals surface area (Å²) in [6.07, 6.45) is 0. The van der Waals surface area contributed by atoms with Crippen molar-refractivity contribution in [2.24, 2.45) is 5.41 Å². The number of hydrogen-bond donors (Lipinski definition) is 1. The van der Waals surface area contributed by atoms with Gasteiger partial charge in [-0.05, 0) is 27.8 Å². The highest BCUT2D eigenvalue weighted by Crippen LogP contribution is 2.19. The van der Waals surface area contributed by atoms with Gasteiger partial charge in [0.25, 0.3) is 0 Å². The molecule has 0 atom stereocenters. The second-order valence-electron chi connectivity index (χ2n) is 4.70. The van der Waals surface area contributed by atoms with Crippen molar-refractivity contribution in [2.45, 2.75) is 26.4 Å². The van der Waals surface area contributed by atoms with Crippen LogP contribution in [0.25, 0.3) is 0 Å². The maximum absolute atomic E-state index is 9.73. The van der Waals surface area contributed by atoms with E-state index in [-0.39, 0.29) is 5.41 Å². The molecule has 0 saturated carbocycles. The van der Waals surface area contributed by atoms with Gasteiger partial charge < -0.3 is 5.11 Å². The number of nitrogens with zero attached hydrogens (tertiary/aromatic N) is 1. The second-order valence-corrected chi connectivity index (χ2v) is 4.70. The predicted molar refractivity (Wildman–Crippen MR) is 49.7 cm³/mol. The number of likely N-dealkylation sites (tertiary alicyclic amines) is 1. The van der Waals surface area contributed by atoms with E-state index in [2.05, 4.69) is 16.7 Å². The van der Waals surface area contributed by atoms with Crippen molar-refractivity contribution in [1.29, 1.82) is 0 Å². The smallest absolute Gasteiger partial charge is 0.150 e. The van der Waals surface area contributed by atoms with Crippen LogP contribution in [0.5, 0.6) is 0 Å². The Balaban J connectivity index is 2.55. The van der Waals surface area contributed by atoms with Crippen molar-refractivity contribution in [1.82, 2.24) is 4.90 Å². The molecular weight excluding hydrogens is 150 g/mol. The van der Waals surface area contributed by atoms with Crippen LogP contribution in [0, 0.1) is 17.3 Å². The molecule has 0 aromatic rings. The van der Waals surface area contributed by atoms with Crippen molar-refractivity contribution < 1.29 is 5.11 Å². The average molecular weight is 167 g/mol. The molecule has 1 rings (SSSR count). The topological polar surface area (TPSA) is 23.5 Å². The van der Waals surface area contributed by atoms with Crippen molar-refractivity contribution in [3.8, 4) is 11.8 Å². The molecule has 0 amide bonds. The normalized spacial score (nSPS) is 22.4. The summed E-state index contributed by atoms with van der Waals surface area (Å²) in [6.45, 7) is 7.50. The van der Waals surface area contributed by atoms with Gasteiger partial charge in [0, 0.05) is 18.5 Å². The first kappa shape index (κ1) is 9.57. The lowest BCUT2D eigenvalue weighted by atomic mass is 9.91. The van der Waals surface area contributed by atoms with Gasteiger partial charge in [-0.25, -0.2) is 0 Å². The molecule has 1 aliphatic rings. The Labute approximate surface area is 74.6 Å². The van der Waals surface area contributed by atoms with E-state index in [1.165, 1.54) is 0 Å². The van der Waals surface area contributed by atoms with E-state index in [9.17, 15) is 5.11 Å². The summed E-state index contributed by atoms with van der Waals surface area (Å²) in [5.41, 5.74) is -0.744. The van der Waals surface area contributed by atoms with Crippen LogP contribution in [0.2, 0.25) is 0 Å². The molecule has 1 saturated heterocycles. The summed E-state index contributed by atoms with van der Waals surface area (Å²) in [4.78, 5) is 2.05. The van der Waals surface area contributed by atoms with Crippen molar-refractivity contribution in [3.63, 3.8) is 0 Å². The van der Waals surface area contributed by atoms with Gasteiger partial charge in [-0.15, -0.1) is 0 Å². The summed E-state index contributed by atoms with van der Waals surface area (Å²) in [5.74, 6) is 5.99. The van der Waals surface area contributed by atoms with E-state index >= 15 is 0 Å². The Bertz CT molecular complexity index is 222. The van der Waals surface area contributed by atoms with E-state index in [0.717, 1.165) is 0 Å². The number of β-amino-alcohol motifs (C(OH)–C–C–N with tert-alkyl or cyclic N) is 1.